The van der Waals surface area contributed by atoms with Gasteiger partial charge in [-0.2, -0.15) is 5.01 Å². The molecule has 0 bridgehead atoms. The zero-order valence-corrected chi connectivity index (χ0v) is 23.8. The maximum absolute atomic E-state index is 13.9. The molecule has 0 spiro atoms. The Morgan fingerprint density at radius 2 is 1.63 bits per heavy atom. The minimum atomic E-state index is -0.859. The second kappa shape index (κ2) is 13.9. The smallest absolute Gasteiger partial charge is 0.334 e. The molecule has 5 rings (SSSR count). The highest BCUT2D eigenvalue weighted by Crippen LogP contribution is 2.28. The highest BCUT2D eigenvalue weighted by atomic mass is 16.5. The van der Waals surface area contributed by atoms with Crippen molar-refractivity contribution in [3.05, 3.63) is 102 Å². The van der Waals surface area contributed by atoms with Crippen molar-refractivity contribution in [2.24, 2.45) is 0 Å². The van der Waals surface area contributed by atoms with Gasteiger partial charge in [0.25, 0.3) is 0 Å². The van der Waals surface area contributed by atoms with Gasteiger partial charge in [-0.25, -0.2) is 9.80 Å². The lowest BCUT2D eigenvalue weighted by molar-refractivity contribution is -0.189. The van der Waals surface area contributed by atoms with Gasteiger partial charge >= 0.3 is 6.03 Å². The van der Waals surface area contributed by atoms with Crippen molar-refractivity contribution >= 4 is 17.8 Å². The van der Waals surface area contributed by atoms with Gasteiger partial charge in [0.15, 0.2) is 0 Å². The van der Waals surface area contributed by atoms with Gasteiger partial charge in [0.05, 0.1) is 32.8 Å². The predicted octanol–water partition coefficient (Wildman–Crippen LogP) is 2.59. The van der Waals surface area contributed by atoms with E-state index in [1.54, 1.807) is 34.2 Å². The van der Waals surface area contributed by atoms with E-state index in [9.17, 15) is 19.5 Å². The summed E-state index contributed by atoms with van der Waals surface area (Å²) in [6, 6.07) is 24.5. The van der Waals surface area contributed by atoms with Crippen LogP contribution < -0.4 is 5.32 Å². The van der Waals surface area contributed by atoms with E-state index in [2.05, 4.69) is 11.2 Å². The molecule has 222 valence electrons. The molecule has 2 atom stereocenters. The highest BCUT2D eigenvalue weighted by Gasteiger charge is 2.51. The van der Waals surface area contributed by atoms with Crippen LogP contribution in [-0.4, -0.2) is 87.8 Å². The Labute approximate surface area is 251 Å². The third-order valence-electron chi connectivity index (χ3n) is 7.58. The Morgan fingerprint density at radius 1 is 0.953 bits per heavy atom. The Balaban J connectivity index is 1.40. The van der Waals surface area contributed by atoms with E-state index in [4.69, 9.17) is 11.2 Å². The number of phenolic OH excluding ortho intramolecular Hbond substituents is 1. The second-order valence-electron chi connectivity index (χ2n) is 10.5. The van der Waals surface area contributed by atoms with Gasteiger partial charge < -0.3 is 25.0 Å². The molecule has 2 saturated heterocycles. The number of phenols is 1. The van der Waals surface area contributed by atoms with Crippen LogP contribution >= 0.6 is 0 Å². The van der Waals surface area contributed by atoms with Crippen LogP contribution in [0.3, 0.4) is 0 Å². The maximum Gasteiger partial charge on any atom is 0.334 e. The number of amides is 4. The number of rotatable bonds is 10. The number of benzene rings is 3. The number of fused-ring (bicyclic) bond motifs is 1. The van der Waals surface area contributed by atoms with Crippen molar-refractivity contribution in [3.63, 3.8) is 0 Å². The zero-order valence-electron chi connectivity index (χ0n) is 23.8. The summed E-state index contributed by atoms with van der Waals surface area (Å²) < 4.78 is 5.88. The van der Waals surface area contributed by atoms with Crippen LogP contribution in [0.1, 0.15) is 16.7 Å². The van der Waals surface area contributed by atoms with E-state index in [1.807, 2.05) is 60.7 Å². The van der Waals surface area contributed by atoms with E-state index >= 15 is 0 Å². The molecule has 0 unspecified atom stereocenters. The molecule has 2 N–H and O–H groups in total. The molecule has 4 amide bonds. The zero-order chi connectivity index (χ0) is 30.2. The fourth-order valence-electron chi connectivity index (χ4n) is 5.49. The third-order valence-corrected chi connectivity index (χ3v) is 7.58. The summed E-state index contributed by atoms with van der Waals surface area (Å²) in [5.74, 6) is 2.15. The van der Waals surface area contributed by atoms with Crippen molar-refractivity contribution in [2.75, 3.05) is 32.8 Å². The Bertz CT molecular complexity index is 1440. The highest BCUT2D eigenvalue weighted by molar-refractivity contribution is 5.91. The van der Waals surface area contributed by atoms with Crippen molar-refractivity contribution in [1.29, 1.82) is 0 Å². The Kier molecular flexibility index (Phi) is 9.56. The monoisotopic (exact) mass is 581 g/mol. The van der Waals surface area contributed by atoms with Crippen molar-refractivity contribution in [1.82, 2.24) is 25.1 Å². The first kappa shape index (κ1) is 29.6. The van der Waals surface area contributed by atoms with E-state index in [0.29, 0.717) is 6.61 Å². The van der Waals surface area contributed by atoms with Crippen LogP contribution in [0.4, 0.5) is 4.79 Å². The molecule has 2 heterocycles. The summed E-state index contributed by atoms with van der Waals surface area (Å²) in [5.41, 5.74) is 2.72. The second-order valence-corrected chi connectivity index (χ2v) is 10.5. The molecule has 0 radical (unpaired) electrons. The fourth-order valence-corrected chi connectivity index (χ4v) is 5.49. The topological polar surface area (TPSA) is 106 Å². The van der Waals surface area contributed by atoms with Gasteiger partial charge in [0.1, 0.15) is 18.0 Å². The number of aromatic hydroxyl groups is 1. The fraction of sp³-hybridized carbons (Fsp3) is 0.303. The number of urea groups is 1. The molecule has 0 saturated carbocycles. The van der Waals surface area contributed by atoms with Gasteiger partial charge in [-0.15, -0.1) is 6.42 Å². The molecule has 10 nitrogen and oxygen atoms in total. The SMILES string of the molecule is C#CCN1CC(=O)N2[C@@H](Cc3ccc(O)cc3)C(=O)N(CCOCc3ccccc3)C[C@@H]2N1C(=O)NCc1ccccc1. The molecule has 2 aliphatic rings. The van der Waals surface area contributed by atoms with Crippen molar-refractivity contribution in [3.8, 4) is 18.1 Å². The molecule has 3 aromatic rings. The van der Waals surface area contributed by atoms with E-state index in [-0.39, 0.29) is 63.3 Å². The lowest BCUT2D eigenvalue weighted by Crippen LogP contribution is -2.76. The van der Waals surface area contributed by atoms with Crippen LogP contribution in [0.5, 0.6) is 5.75 Å². The number of carbonyl (C=O) groups excluding carboxylic acids is 3. The number of ether oxygens (including phenoxy) is 1. The number of terminal acetylenes is 1. The Morgan fingerprint density at radius 3 is 2.30 bits per heavy atom. The summed E-state index contributed by atoms with van der Waals surface area (Å²) in [5, 5.41) is 15.8. The maximum atomic E-state index is 13.9. The van der Waals surface area contributed by atoms with Crippen LogP contribution in [0.15, 0.2) is 84.9 Å². The standard InChI is InChI=1S/C33H35N5O5/c1-2-17-36-23-31(40)37-29(20-25-13-15-28(39)16-14-25)32(41)35(18-19-43-24-27-11-7-4-8-12-27)22-30(37)38(36)33(42)34-21-26-9-5-3-6-10-26/h1,3-16,29-30,39H,17-24H2,(H,34,42)/t29-,30-/m0/s1. The molecule has 2 fully saturated rings. The number of hydrogen-bond acceptors (Lipinski definition) is 6. The normalized spacial score (nSPS) is 18.7. The van der Waals surface area contributed by atoms with Crippen LogP contribution in [-0.2, 0) is 33.9 Å². The molecule has 3 aromatic carbocycles. The minimum Gasteiger partial charge on any atom is -0.508 e. The predicted molar refractivity (Wildman–Crippen MR) is 160 cm³/mol. The quantitative estimate of drug-likeness (QED) is 0.282. The number of nitrogens with one attached hydrogen (secondary N) is 1. The minimum absolute atomic E-state index is 0.0472. The molecule has 0 aromatic heterocycles. The van der Waals surface area contributed by atoms with Gasteiger partial charge in [0, 0.05) is 19.5 Å². The lowest BCUT2D eigenvalue weighted by atomic mass is 9.98. The van der Waals surface area contributed by atoms with E-state index in [0.717, 1.165) is 16.7 Å². The number of hydrazine groups is 1. The largest absolute Gasteiger partial charge is 0.508 e. The number of hydrogen-bond donors (Lipinski definition) is 2. The molecule has 2 aliphatic heterocycles. The lowest BCUT2D eigenvalue weighted by Gasteiger charge is -2.54. The van der Waals surface area contributed by atoms with Gasteiger partial charge in [-0.05, 0) is 28.8 Å². The first-order valence-electron chi connectivity index (χ1n) is 14.2. The van der Waals surface area contributed by atoms with Gasteiger partial charge in [0.2, 0.25) is 11.8 Å². The summed E-state index contributed by atoms with van der Waals surface area (Å²) in [4.78, 5) is 44.4. The summed E-state index contributed by atoms with van der Waals surface area (Å²) in [6.45, 7) is 1.26. The number of piperazine rings is 1. The first-order chi connectivity index (χ1) is 20.9. The van der Waals surface area contributed by atoms with Crippen LogP contribution in [0.2, 0.25) is 0 Å². The molecule has 0 aliphatic carbocycles. The first-order valence-corrected chi connectivity index (χ1v) is 14.2. The van der Waals surface area contributed by atoms with E-state index < -0.39 is 18.2 Å². The molecular formula is C33H35N5O5. The van der Waals surface area contributed by atoms with E-state index in [1.165, 1.54) is 9.91 Å². The Hall–Kier alpha value is -4.85. The average Bonchev–Trinajstić information content (AvgIpc) is 3.02. The van der Waals surface area contributed by atoms with Crippen LogP contribution in [0, 0.1) is 12.3 Å². The average molecular weight is 582 g/mol. The molecule has 10 heteroatoms. The van der Waals surface area contributed by atoms with Gasteiger partial charge in [-0.1, -0.05) is 78.7 Å². The van der Waals surface area contributed by atoms with Crippen molar-refractivity contribution < 1.29 is 24.2 Å². The summed E-state index contributed by atoms with van der Waals surface area (Å²) in [6.07, 6.45) is 5.08. The summed E-state index contributed by atoms with van der Waals surface area (Å²) >= 11 is 0. The molecular weight excluding hydrogens is 546 g/mol. The third kappa shape index (κ3) is 7.15. The van der Waals surface area contributed by atoms with Crippen molar-refractivity contribution in [2.45, 2.75) is 31.8 Å². The molecule has 43 heavy (non-hydrogen) atoms. The number of nitrogens with zero attached hydrogens (tertiary/aromatic N) is 4. The summed E-state index contributed by atoms with van der Waals surface area (Å²) in [7, 11) is 0. The van der Waals surface area contributed by atoms with Gasteiger partial charge in [-0.3, -0.25) is 9.59 Å². The number of carbonyl (C=O) groups is 3. The van der Waals surface area contributed by atoms with Crippen LogP contribution in [0.25, 0.3) is 0 Å².